The van der Waals surface area contributed by atoms with Gasteiger partial charge in [0.05, 0.1) is 5.39 Å². The third-order valence-corrected chi connectivity index (χ3v) is 2.37. The lowest BCUT2D eigenvalue weighted by Gasteiger charge is -2.08. The molecule has 0 atom stereocenters. The highest BCUT2D eigenvalue weighted by molar-refractivity contribution is 5.90. The number of hydrogen-bond acceptors (Lipinski definition) is 3. The molecule has 2 rings (SSSR count). The highest BCUT2D eigenvalue weighted by Gasteiger charge is 2.18. The first-order chi connectivity index (χ1) is 6.54. The monoisotopic (exact) mass is 195 g/mol. The quantitative estimate of drug-likeness (QED) is 0.604. The molecule has 0 fully saturated rings. The molecular weight excluding hydrogens is 182 g/mol. The molecule has 0 amide bonds. The van der Waals surface area contributed by atoms with Gasteiger partial charge in [-0.05, 0) is 19.9 Å². The van der Waals surface area contributed by atoms with Gasteiger partial charge in [0.1, 0.15) is 0 Å². The van der Waals surface area contributed by atoms with E-state index in [0.717, 1.165) is 4.73 Å². The summed E-state index contributed by atoms with van der Waals surface area (Å²) in [5.41, 5.74) is 6.00. The van der Waals surface area contributed by atoms with Gasteiger partial charge in [-0.3, -0.25) is 0 Å². The van der Waals surface area contributed by atoms with Gasteiger partial charge >= 0.3 is 0 Å². The Bertz CT molecular complexity index is 482. The fourth-order valence-electron chi connectivity index (χ4n) is 1.62. The van der Waals surface area contributed by atoms with Crippen LogP contribution in [0.15, 0.2) is 12.3 Å². The first-order valence-electron chi connectivity index (χ1n) is 4.43. The second kappa shape index (κ2) is 2.60. The summed E-state index contributed by atoms with van der Waals surface area (Å²) in [5.74, 6) is -0.0908. The number of nitrogen functional groups attached to an aromatic ring is 1. The Morgan fingerprint density at radius 2 is 2.07 bits per heavy atom. The van der Waals surface area contributed by atoms with Crippen molar-refractivity contribution in [3.63, 3.8) is 0 Å². The summed E-state index contributed by atoms with van der Waals surface area (Å²) >= 11 is 0. The van der Waals surface area contributed by atoms with Crippen LogP contribution in [0.2, 0.25) is 0 Å². The average Bonchev–Trinajstić information content (AvgIpc) is 2.64. The van der Waals surface area contributed by atoms with Gasteiger partial charge in [0.2, 0.25) is 0 Å². The van der Waals surface area contributed by atoms with Gasteiger partial charge in [-0.2, -0.15) is 0 Å². The lowest BCUT2D eigenvalue weighted by atomic mass is 10.4. The summed E-state index contributed by atoms with van der Waals surface area (Å²) in [6, 6.07) is 1.93. The predicted molar refractivity (Wildman–Crippen MR) is 53.6 cm³/mol. The molecule has 0 aliphatic rings. The third kappa shape index (κ3) is 0.891. The number of aromatic nitrogens is 2. The summed E-state index contributed by atoms with van der Waals surface area (Å²) in [6.45, 7) is 3.97. The van der Waals surface area contributed by atoms with E-state index in [2.05, 4.69) is 0 Å². The van der Waals surface area contributed by atoms with E-state index in [1.165, 1.54) is 0 Å². The maximum atomic E-state index is 9.61. The van der Waals surface area contributed by atoms with Crippen LogP contribution in [0.1, 0.15) is 19.9 Å². The zero-order valence-corrected chi connectivity index (χ0v) is 8.10. The van der Waals surface area contributed by atoms with Crippen molar-refractivity contribution in [3.05, 3.63) is 12.3 Å². The molecule has 76 valence electrons. The molecule has 0 saturated carbocycles. The van der Waals surface area contributed by atoms with E-state index in [-0.39, 0.29) is 17.6 Å². The first kappa shape index (κ1) is 8.80. The smallest absolute Gasteiger partial charge is 0.185 e. The lowest BCUT2D eigenvalue weighted by Crippen LogP contribution is -2.05. The second-order valence-electron chi connectivity index (χ2n) is 3.60. The van der Waals surface area contributed by atoms with E-state index in [0.29, 0.717) is 11.0 Å². The largest absolute Gasteiger partial charge is 0.504 e. The molecule has 0 unspecified atom stereocenters. The summed E-state index contributed by atoms with van der Waals surface area (Å²) in [5, 5.41) is 19.7. The van der Waals surface area contributed by atoms with Gasteiger partial charge in [-0.25, -0.2) is 0 Å². The minimum atomic E-state index is -0.0677. The van der Waals surface area contributed by atoms with Gasteiger partial charge in [0, 0.05) is 12.2 Å². The van der Waals surface area contributed by atoms with Crippen LogP contribution in [-0.4, -0.2) is 19.6 Å². The normalized spacial score (nSPS) is 11.6. The van der Waals surface area contributed by atoms with Gasteiger partial charge in [0.15, 0.2) is 17.2 Å². The van der Waals surface area contributed by atoms with Crippen molar-refractivity contribution in [3.8, 4) is 5.75 Å². The van der Waals surface area contributed by atoms with Gasteiger partial charge < -0.3 is 20.6 Å². The number of hydrogen-bond donors (Lipinski definition) is 3. The van der Waals surface area contributed by atoms with Crippen molar-refractivity contribution in [2.24, 2.45) is 0 Å². The zero-order valence-electron chi connectivity index (χ0n) is 8.10. The molecular formula is C9H13N3O2. The number of aromatic hydroxyl groups is 1. The molecule has 5 heteroatoms. The fourth-order valence-corrected chi connectivity index (χ4v) is 1.62. The standard InChI is InChI=1S/C9H13N3O2/c1-5(2)11-4-3-6-7(13)8(10)12(14)9(6)11/h3-5,13-14H,10H2,1-2H3. The van der Waals surface area contributed by atoms with Gasteiger partial charge in [0.25, 0.3) is 0 Å². The first-order valence-corrected chi connectivity index (χ1v) is 4.43. The summed E-state index contributed by atoms with van der Waals surface area (Å²) in [4.78, 5) is 0. The van der Waals surface area contributed by atoms with E-state index in [1.54, 1.807) is 12.3 Å². The van der Waals surface area contributed by atoms with Crippen LogP contribution in [0.3, 0.4) is 0 Å². The predicted octanol–water partition coefficient (Wildman–Crippen LogP) is 1.55. The number of anilines is 1. The maximum absolute atomic E-state index is 9.61. The Morgan fingerprint density at radius 3 is 2.64 bits per heavy atom. The molecule has 2 aromatic rings. The summed E-state index contributed by atoms with van der Waals surface area (Å²) in [6.07, 6.45) is 1.81. The van der Waals surface area contributed by atoms with Crippen molar-refractivity contribution in [2.75, 3.05) is 5.73 Å². The highest BCUT2D eigenvalue weighted by atomic mass is 16.5. The molecule has 0 aliphatic carbocycles. The van der Waals surface area contributed by atoms with E-state index in [1.807, 2.05) is 18.4 Å². The summed E-state index contributed by atoms with van der Waals surface area (Å²) < 4.78 is 2.65. The second-order valence-corrected chi connectivity index (χ2v) is 3.60. The van der Waals surface area contributed by atoms with Crippen LogP contribution in [0.4, 0.5) is 5.82 Å². The highest BCUT2D eigenvalue weighted by Crippen LogP contribution is 2.34. The molecule has 4 N–H and O–H groups in total. The van der Waals surface area contributed by atoms with Crippen molar-refractivity contribution < 1.29 is 10.3 Å². The van der Waals surface area contributed by atoms with Crippen molar-refractivity contribution in [1.82, 2.24) is 9.30 Å². The number of rotatable bonds is 1. The molecule has 0 saturated heterocycles. The molecule has 5 nitrogen and oxygen atoms in total. The van der Waals surface area contributed by atoms with Crippen molar-refractivity contribution in [2.45, 2.75) is 19.9 Å². The number of fused-ring (bicyclic) bond motifs is 1. The van der Waals surface area contributed by atoms with E-state index >= 15 is 0 Å². The molecule has 2 heterocycles. The van der Waals surface area contributed by atoms with Crippen LogP contribution < -0.4 is 5.73 Å². The lowest BCUT2D eigenvalue weighted by molar-refractivity contribution is 0.200. The molecule has 0 spiro atoms. The van der Waals surface area contributed by atoms with Crippen LogP contribution >= 0.6 is 0 Å². The Balaban J connectivity index is 2.85. The van der Waals surface area contributed by atoms with Crippen LogP contribution in [-0.2, 0) is 0 Å². The Morgan fingerprint density at radius 1 is 1.43 bits per heavy atom. The third-order valence-electron chi connectivity index (χ3n) is 2.37. The number of nitrogens with two attached hydrogens (primary N) is 1. The van der Waals surface area contributed by atoms with Crippen LogP contribution in [0.25, 0.3) is 11.0 Å². The van der Waals surface area contributed by atoms with E-state index in [9.17, 15) is 10.3 Å². The molecule has 0 radical (unpaired) electrons. The minimum absolute atomic E-state index is 0.0231. The minimum Gasteiger partial charge on any atom is -0.504 e. The fraction of sp³-hybridized carbons (Fsp3) is 0.333. The van der Waals surface area contributed by atoms with Crippen LogP contribution in [0.5, 0.6) is 5.75 Å². The average molecular weight is 195 g/mol. The van der Waals surface area contributed by atoms with E-state index in [4.69, 9.17) is 5.73 Å². The van der Waals surface area contributed by atoms with Crippen molar-refractivity contribution in [1.29, 1.82) is 0 Å². The van der Waals surface area contributed by atoms with Gasteiger partial charge in [-0.1, -0.05) is 0 Å². The molecule has 2 aromatic heterocycles. The van der Waals surface area contributed by atoms with E-state index < -0.39 is 0 Å². The SMILES string of the molecule is CC(C)n1ccc2c(O)c(N)n(O)c21. The molecule has 0 aromatic carbocycles. The zero-order chi connectivity index (χ0) is 10.5. The summed E-state index contributed by atoms with van der Waals surface area (Å²) in [7, 11) is 0. The van der Waals surface area contributed by atoms with Crippen LogP contribution in [0, 0.1) is 0 Å². The van der Waals surface area contributed by atoms with Crippen molar-refractivity contribution >= 4 is 16.9 Å². The molecule has 14 heavy (non-hydrogen) atoms. The van der Waals surface area contributed by atoms with Gasteiger partial charge in [-0.15, -0.1) is 4.73 Å². The molecule has 0 bridgehead atoms. The Labute approximate surface area is 80.9 Å². The Kier molecular flexibility index (Phi) is 1.64. The topological polar surface area (TPSA) is 76.3 Å². The molecule has 0 aliphatic heterocycles. The number of nitrogens with zero attached hydrogens (tertiary/aromatic N) is 2. The maximum Gasteiger partial charge on any atom is 0.185 e. The Hall–Kier alpha value is -1.78.